The lowest BCUT2D eigenvalue weighted by Gasteiger charge is -2.29. The Morgan fingerprint density at radius 1 is 1.28 bits per heavy atom. The van der Waals surface area contributed by atoms with Crippen LogP contribution in [0.2, 0.25) is 0 Å². The zero-order valence-electron chi connectivity index (χ0n) is 15.2. The quantitative estimate of drug-likeness (QED) is 0.750. The Bertz CT molecular complexity index is 748. The first-order valence-corrected chi connectivity index (χ1v) is 9.77. The molecule has 7 heteroatoms. The van der Waals surface area contributed by atoms with Gasteiger partial charge < -0.3 is 9.64 Å². The highest BCUT2D eigenvalue weighted by atomic mass is 32.2. The molecule has 1 aliphatic rings. The van der Waals surface area contributed by atoms with E-state index in [1.165, 1.54) is 33.3 Å². The Hall–Kier alpha value is -1.86. The summed E-state index contributed by atoms with van der Waals surface area (Å²) >= 11 is 0. The standard InChI is InChI=1S/C18H26N2O4S/c1-14-9-11-20(12-10-14)18(21)8-6-15-5-7-16(24-4)17(13-15)25(22,23)19(2)3/h5-8,13-14H,9-12H2,1-4H3/b8-6+. The fraction of sp³-hybridized carbons (Fsp3) is 0.500. The number of sulfonamides is 1. The molecule has 138 valence electrons. The Balaban J connectivity index is 2.21. The number of likely N-dealkylation sites (tertiary alicyclic amines) is 1. The van der Waals surface area contributed by atoms with Crippen LogP contribution in [0.15, 0.2) is 29.2 Å². The fourth-order valence-corrected chi connectivity index (χ4v) is 3.78. The zero-order chi connectivity index (χ0) is 18.6. The summed E-state index contributed by atoms with van der Waals surface area (Å²) < 4.78 is 31.2. The number of carbonyl (C=O) groups is 1. The summed E-state index contributed by atoms with van der Waals surface area (Å²) in [4.78, 5) is 14.2. The molecule has 1 aromatic rings. The second kappa shape index (κ2) is 8.01. The normalized spacial score (nSPS) is 16.6. The van der Waals surface area contributed by atoms with E-state index in [0.29, 0.717) is 11.5 Å². The van der Waals surface area contributed by atoms with E-state index in [1.807, 2.05) is 4.90 Å². The lowest BCUT2D eigenvalue weighted by Crippen LogP contribution is -2.36. The van der Waals surface area contributed by atoms with Crippen LogP contribution >= 0.6 is 0 Å². The lowest BCUT2D eigenvalue weighted by molar-refractivity contribution is -0.127. The van der Waals surface area contributed by atoms with E-state index in [4.69, 9.17) is 4.74 Å². The molecule has 0 radical (unpaired) electrons. The van der Waals surface area contributed by atoms with Gasteiger partial charge in [0.2, 0.25) is 15.9 Å². The maximum absolute atomic E-state index is 12.4. The highest BCUT2D eigenvalue weighted by Crippen LogP contribution is 2.27. The van der Waals surface area contributed by atoms with Gasteiger partial charge in [-0.1, -0.05) is 13.0 Å². The molecule has 1 aliphatic heterocycles. The third kappa shape index (κ3) is 4.61. The molecule has 1 fully saturated rings. The second-order valence-electron chi connectivity index (χ2n) is 6.54. The minimum Gasteiger partial charge on any atom is -0.495 e. The lowest BCUT2D eigenvalue weighted by atomic mass is 9.99. The average molecular weight is 366 g/mol. The van der Waals surface area contributed by atoms with E-state index in [2.05, 4.69) is 6.92 Å². The molecule has 0 aromatic heterocycles. The summed E-state index contributed by atoms with van der Waals surface area (Å²) in [7, 11) is 0.744. The molecule has 6 nitrogen and oxygen atoms in total. The number of amides is 1. The molecular formula is C18H26N2O4S. The van der Waals surface area contributed by atoms with Crippen molar-refractivity contribution >= 4 is 22.0 Å². The molecule has 0 spiro atoms. The summed E-state index contributed by atoms with van der Waals surface area (Å²) in [6.45, 7) is 3.74. The molecule has 0 atom stereocenters. The average Bonchev–Trinajstić information content (AvgIpc) is 2.59. The number of piperidine rings is 1. The van der Waals surface area contributed by atoms with Crippen LogP contribution < -0.4 is 4.74 Å². The van der Waals surface area contributed by atoms with E-state index in [0.717, 1.165) is 30.2 Å². The third-order valence-electron chi connectivity index (χ3n) is 4.46. The van der Waals surface area contributed by atoms with Crippen molar-refractivity contribution in [1.29, 1.82) is 0 Å². The molecule has 0 aliphatic carbocycles. The molecule has 1 saturated heterocycles. The predicted octanol–water partition coefficient (Wildman–Crippen LogP) is 2.22. The molecule has 0 saturated carbocycles. The molecule has 0 unspecified atom stereocenters. The Morgan fingerprint density at radius 2 is 1.92 bits per heavy atom. The molecule has 25 heavy (non-hydrogen) atoms. The summed E-state index contributed by atoms with van der Waals surface area (Å²) in [6, 6.07) is 4.86. The van der Waals surface area contributed by atoms with Crippen LogP contribution in [0.1, 0.15) is 25.3 Å². The highest BCUT2D eigenvalue weighted by Gasteiger charge is 2.22. The highest BCUT2D eigenvalue weighted by molar-refractivity contribution is 7.89. The van der Waals surface area contributed by atoms with Gasteiger partial charge in [0.15, 0.2) is 0 Å². The summed E-state index contributed by atoms with van der Waals surface area (Å²) in [5.41, 5.74) is 0.639. The first kappa shape index (κ1) is 19.5. The monoisotopic (exact) mass is 366 g/mol. The van der Waals surface area contributed by atoms with Crippen LogP contribution in [0.25, 0.3) is 6.08 Å². The van der Waals surface area contributed by atoms with E-state index < -0.39 is 10.0 Å². The second-order valence-corrected chi connectivity index (χ2v) is 8.66. The molecule has 2 rings (SSSR count). The van der Waals surface area contributed by atoms with Gasteiger partial charge in [-0.2, -0.15) is 0 Å². The van der Waals surface area contributed by atoms with Crippen molar-refractivity contribution in [2.24, 2.45) is 5.92 Å². The van der Waals surface area contributed by atoms with Gasteiger partial charge in [-0.15, -0.1) is 0 Å². The maximum atomic E-state index is 12.4. The van der Waals surface area contributed by atoms with Crippen molar-refractivity contribution in [2.75, 3.05) is 34.3 Å². The summed E-state index contributed by atoms with van der Waals surface area (Å²) in [5, 5.41) is 0. The van der Waals surface area contributed by atoms with Gasteiger partial charge in [0.05, 0.1) is 7.11 Å². The van der Waals surface area contributed by atoms with Crippen LogP contribution in [0.3, 0.4) is 0 Å². The fourth-order valence-electron chi connectivity index (χ4n) is 2.70. The molecule has 1 heterocycles. The summed E-state index contributed by atoms with van der Waals surface area (Å²) in [5.74, 6) is 0.898. The van der Waals surface area contributed by atoms with Gasteiger partial charge in [0.1, 0.15) is 10.6 Å². The van der Waals surface area contributed by atoms with E-state index in [9.17, 15) is 13.2 Å². The van der Waals surface area contributed by atoms with Crippen molar-refractivity contribution < 1.29 is 17.9 Å². The smallest absolute Gasteiger partial charge is 0.246 e. The number of ether oxygens (including phenoxy) is 1. The first-order valence-electron chi connectivity index (χ1n) is 8.33. The van der Waals surface area contributed by atoms with Crippen LogP contribution in [-0.4, -0.2) is 57.8 Å². The summed E-state index contributed by atoms with van der Waals surface area (Å²) in [6.07, 6.45) is 5.19. The number of hydrogen-bond donors (Lipinski definition) is 0. The van der Waals surface area contributed by atoms with E-state index in [-0.39, 0.29) is 16.6 Å². The number of methoxy groups -OCH3 is 1. The number of benzene rings is 1. The van der Waals surface area contributed by atoms with Crippen molar-refractivity contribution in [3.8, 4) is 5.75 Å². The maximum Gasteiger partial charge on any atom is 0.246 e. The van der Waals surface area contributed by atoms with Crippen LogP contribution in [-0.2, 0) is 14.8 Å². The van der Waals surface area contributed by atoms with Crippen molar-refractivity contribution in [3.05, 3.63) is 29.8 Å². The molecule has 1 aromatic carbocycles. The molecule has 1 amide bonds. The van der Waals surface area contributed by atoms with Crippen molar-refractivity contribution in [2.45, 2.75) is 24.7 Å². The Labute approximate surface area is 150 Å². The molecular weight excluding hydrogens is 340 g/mol. The van der Waals surface area contributed by atoms with Crippen LogP contribution in [0.5, 0.6) is 5.75 Å². The van der Waals surface area contributed by atoms with Crippen molar-refractivity contribution in [3.63, 3.8) is 0 Å². The van der Waals surface area contributed by atoms with Gasteiger partial charge in [-0.3, -0.25) is 4.79 Å². The zero-order valence-corrected chi connectivity index (χ0v) is 16.0. The van der Waals surface area contributed by atoms with Gasteiger partial charge >= 0.3 is 0 Å². The Kier molecular flexibility index (Phi) is 6.24. The van der Waals surface area contributed by atoms with Crippen LogP contribution in [0.4, 0.5) is 0 Å². The topological polar surface area (TPSA) is 66.9 Å². The number of nitrogens with zero attached hydrogens (tertiary/aromatic N) is 2. The number of carbonyl (C=O) groups excluding carboxylic acids is 1. The van der Waals surface area contributed by atoms with E-state index in [1.54, 1.807) is 18.2 Å². The Morgan fingerprint density at radius 3 is 2.48 bits per heavy atom. The van der Waals surface area contributed by atoms with Gasteiger partial charge in [-0.05, 0) is 42.5 Å². The first-order chi connectivity index (χ1) is 11.8. The van der Waals surface area contributed by atoms with Crippen LogP contribution in [0, 0.1) is 5.92 Å². The number of rotatable bonds is 5. The largest absolute Gasteiger partial charge is 0.495 e. The van der Waals surface area contributed by atoms with Gasteiger partial charge in [0, 0.05) is 33.3 Å². The number of hydrogen-bond acceptors (Lipinski definition) is 4. The van der Waals surface area contributed by atoms with E-state index >= 15 is 0 Å². The molecule has 0 N–H and O–H groups in total. The third-order valence-corrected chi connectivity index (χ3v) is 6.30. The van der Waals surface area contributed by atoms with Gasteiger partial charge in [0.25, 0.3) is 0 Å². The minimum absolute atomic E-state index is 0.0419. The minimum atomic E-state index is -3.63. The SMILES string of the molecule is COc1ccc(/C=C/C(=O)N2CCC(C)CC2)cc1S(=O)(=O)N(C)C. The molecule has 0 bridgehead atoms. The van der Waals surface area contributed by atoms with Crippen molar-refractivity contribution in [1.82, 2.24) is 9.21 Å². The predicted molar refractivity (Wildman–Crippen MR) is 97.9 cm³/mol. The van der Waals surface area contributed by atoms with Gasteiger partial charge in [-0.25, -0.2) is 12.7 Å².